The van der Waals surface area contributed by atoms with Crippen molar-refractivity contribution in [1.82, 2.24) is 10.1 Å². The van der Waals surface area contributed by atoms with E-state index in [1.54, 1.807) is 24.3 Å². The van der Waals surface area contributed by atoms with E-state index in [-0.39, 0.29) is 18.2 Å². The lowest BCUT2D eigenvalue weighted by atomic mass is 9.99. The third-order valence-electron chi connectivity index (χ3n) is 4.28. The normalized spacial score (nSPS) is 17.1. The molecule has 2 aromatic rings. The molecule has 7 heteroatoms. The Hall–Kier alpha value is -1.92. The molecule has 0 bridgehead atoms. The van der Waals surface area contributed by atoms with E-state index in [2.05, 4.69) is 10.1 Å². The van der Waals surface area contributed by atoms with Crippen molar-refractivity contribution in [3.05, 3.63) is 41.5 Å². The minimum atomic E-state index is -0.476. The Balaban J connectivity index is 0.00000208. The van der Waals surface area contributed by atoms with Crippen LogP contribution in [0.3, 0.4) is 0 Å². The van der Waals surface area contributed by atoms with Gasteiger partial charge in [-0.1, -0.05) is 30.1 Å². The molecule has 1 aromatic carbocycles. The zero-order valence-corrected chi connectivity index (χ0v) is 14.6. The van der Waals surface area contributed by atoms with Gasteiger partial charge in [0.15, 0.2) is 17.7 Å². The number of hydrogen-bond acceptors (Lipinski definition) is 6. The first kappa shape index (κ1) is 18.4. The lowest BCUT2D eigenvalue weighted by molar-refractivity contribution is 0.101. The molecule has 1 aliphatic carbocycles. The second-order valence-corrected chi connectivity index (χ2v) is 6.16. The van der Waals surface area contributed by atoms with E-state index in [0.29, 0.717) is 23.0 Å². The summed E-state index contributed by atoms with van der Waals surface area (Å²) >= 11 is 0. The molecule has 2 N–H and O–H groups in total. The van der Waals surface area contributed by atoms with E-state index in [1.165, 1.54) is 6.92 Å². The fraction of sp³-hybridized carbons (Fsp3) is 0.471. The summed E-state index contributed by atoms with van der Waals surface area (Å²) in [5.41, 5.74) is 6.46. The summed E-state index contributed by atoms with van der Waals surface area (Å²) in [4.78, 5) is 15.9. The summed E-state index contributed by atoms with van der Waals surface area (Å²) in [7, 11) is 0. The molecule has 0 aliphatic heterocycles. The number of nitrogens with two attached hydrogens (primary N) is 1. The van der Waals surface area contributed by atoms with Gasteiger partial charge in [-0.3, -0.25) is 4.79 Å². The largest absolute Gasteiger partial charge is 0.481 e. The molecule has 1 fully saturated rings. The Kier molecular flexibility index (Phi) is 5.62. The maximum absolute atomic E-state index is 11.4. The molecule has 6 nitrogen and oxygen atoms in total. The average Bonchev–Trinajstić information content (AvgIpc) is 3.17. The number of hydrogen-bond donors (Lipinski definition) is 1. The molecule has 3 rings (SSSR count). The Morgan fingerprint density at radius 3 is 2.75 bits per heavy atom. The van der Waals surface area contributed by atoms with Crippen molar-refractivity contribution in [3.8, 4) is 5.75 Å². The van der Waals surface area contributed by atoms with Gasteiger partial charge in [0.25, 0.3) is 5.89 Å². The van der Waals surface area contributed by atoms with Crippen LogP contribution in [0, 0.1) is 0 Å². The number of ketones is 1. The van der Waals surface area contributed by atoms with Crippen molar-refractivity contribution in [2.45, 2.75) is 51.2 Å². The van der Waals surface area contributed by atoms with Gasteiger partial charge >= 0.3 is 0 Å². The molecule has 130 valence electrons. The number of Topliss-reactive ketones (excluding diaryl/α,β-unsaturated/α-hetero) is 1. The molecular formula is C17H22ClN3O3. The minimum Gasteiger partial charge on any atom is -0.481 e. The third-order valence-corrected chi connectivity index (χ3v) is 4.28. The molecule has 1 aromatic heterocycles. The first-order valence-corrected chi connectivity index (χ1v) is 7.88. The Morgan fingerprint density at radius 2 is 2.08 bits per heavy atom. The van der Waals surface area contributed by atoms with Crippen molar-refractivity contribution in [3.63, 3.8) is 0 Å². The fourth-order valence-electron chi connectivity index (χ4n) is 2.87. The molecule has 1 atom stereocenters. The minimum absolute atomic E-state index is 0. The number of rotatable bonds is 5. The Morgan fingerprint density at radius 1 is 1.38 bits per heavy atom. The predicted octanol–water partition coefficient (Wildman–Crippen LogP) is 3.56. The smallest absolute Gasteiger partial charge is 0.267 e. The van der Waals surface area contributed by atoms with Gasteiger partial charge in [0.2, 0.25) is 0 Å². The van der Waals surface area contributed by atoms with Crippen molar-refractivity contribution in [1.29, 1.82) is 0 Å². The molecule has 0 spiro atoms. The number of halogens is 1. The molecule has 1 saturated carbocycles. The van der Waals surface area contributed by atoms with E-state index >= 15 is 0 Å². The summed E-state index contributed by atoms with van der Waals surface area (Å²) in [6, 6.07) is 7.04. The first-order chi connectivity index (χ1) is 11.0. The predicted molar refractivity (Wildman–Crippen MR) is 91.4 cm³/mol. The van der Waals surface area contributed by atoms with Gasteiger partial charge in [0.05, 0.1) is 5.54 Å². The molecule has 1 aliphatic rings. The number of aromatic nitrogens is 2. The monoisotopic (exact) mass is 351 g/mol. The summed E-state index contributed by atoms with van der Waals surface area (Å²) in [6.07, 6.45) is 3.52. The van der Waals surface area contributed by atoms with E-state index in [4.69, 9.17) is 15.0 Å². The maximum atomic E-state index is 11.4. The second kappa shape index (κ2) is 7.32. The summed E-state index contributed by atoms with van der Waals surface area (Å²) in [5, 5.41) is 4.03. The molecule has 1 unspecified atom stereocenters. The standard InChI is InChI=1S/C17H21N3O3.ClH/c1-11(21)13-6-5-7-14(10-13)22-12(2)15-19-16(20-23-15)17(18)8-3-4-9-17;/h5-7,10,12H,3-4,8-9,18H2,1-2H3;1H. The van der Waals surface area contributed by atoms with Crippen LogP contribution in [-0.2, 0) is 5.54 Å². The summed E-state index contributed by atoms with van der Waals surface area (Å²) in [6.45, 7) is 3.35. The number of ether oxygens (including phenoxy) is 1. The topological polar surface area (TPSA) is 91.2 Å². The Labute approximate surface area is 147 Å². The summed E-state index contributed by atoms with van der Waals surface area (Å²) in [5.74, 6) is 1.53. The molecule has 0 amide bonds. The van der Waals surface area contributed by atoms with E-state index in [9.17, 15) is 4.79 Å². The van der Waals surface area contributed by atoms with Crippen LogP contribution in [-0.4, -0.2) is 15.9 Å². The fourth-order valence-corrected chi connectivity index (χ4v) is 2.87. The van der Waals surface area contributed by atoms with Crippen LogP contribution in [0.5, 0.6) is 5.75 Å². The number of carbonyl (C=O) groups excluding carboxylic acids is 1. The van der Waals surface area contributed by atoms with E-state index < -0.39 is 11.6 Å². The molecule has 1 heterocycles. The second-order valence-electron chi connectivity index (χ2n) is 6.16. The van der Waals surface area contributed by atoms with Crippen LogP contribution >= 0.6 is 12.4 Å². The SMILES string of the molecule is CC(=O)c1cccc(OC(C)c2nc(C3(N)CCCC3)no2)c1.Cl. The molecule has 0 saturated heterocycles. The van der Waals surface area contributed by atoms with Gasteiger partial charge in [-0.2, -0.15) is 4.98 Å². The van der Waals surface area contributed by atoms with Gasteiger partial charge in [-0.25, -0.2) is 0 Å². The van der Waals surface area contributed by atoms with Crippen LogP contribution in [0.15, 0.2) is 28.8 Å². The number of benzene rings is 1. The van der Waals surface area contributed by atoms with Gasteiger partial charge in [0, 0.05) is 5.56 Å². The van der Waals surface area contributed by atoms with Crippen molar-refractivity contribution < 1.29 is 14.1 Å². The maximum Gasteiger partial charge on any atom is 0.267 e. The van der Waals surface area contributed by atoms with Crippen LogP contribution in [0.1, 0.15) is 67.7 Å². The molecule has 24 heavy (non-hydrogen) atoms. The van der Waals surface area contributed by atoms with Crippen molar-refractivity contribution in [2.75, 3.05) is 0 Å². The molecule has 0 radical (unpaired) electrons. The van der Waals surface area contributed by atoms with Gasteiger partial charge in [-0.15, -0.1) is 12.4 Å². The van der Waals surface area contributed by atoms with E-state index in [1.807, 2.05) is 6.92 Å². The zero-order valence-electron chi connectivity index (χ0n) is 13.8. The lowest BCUT2D eigenvalue weighted by Crippen LogP contribution is -2.34. The molecular weight excluding hydrogens is 330 g/mol. The van der Waals surface area contributed by atoms with Gasteiger partial charge in [0.1, 0.15) is 5.75 Å². The van der Waals surface area contributed by atoms with Crippen molar-refractivity contribution >= 4 is 18.2 Å². The lowest BCUT2D eigenvalue weighted by Gasteiger charge is -2.18. The number of nitrogens with zero attached hydrogens (tertiary/aromatic N) is 2. The highest BCUT2D eigenvalue weighted by Crippen LogP contribution is 2.35. The highest BCUT2D eigenvalue weighted by molar-refractivity contribution is 5.94. The van der Waals surface area contributed by atoms with Crippen molar-refractivity contribution in [2.24, 2.45) is 5.73 Å². The third kappa shape index (κ3) is 3.76. The van der Waals surface area contributed by atoms with Crippen LogP contribution in [0.25, 0.3) is 0 Å². The van der Waals surface area contributed by atoms with E-state index in [0.717, 1.165) is 25.7 Å². The zero-order chi connectivity index (χ0) is 16.4. The van der Waals surface area contributed by atoms with Crippen LogP contribution in [0.2, 0.25) is 0 Å². The summed E-state index contributed by atoms with van der Waals surface area (Å²) < 4.78 is 11.1. The number of carbonyl (C=O) groups is 1. The van der Waals surface area contributed by atoms with Crippen LogP contribution < -0.4 is 10.5 Å². The quantitative estimate of drug-likeness (QED) is 0.828. The van der Waals surface area contributed by atoms with Gasteiger partial charge < -0.3 is 15.0 Å². The van der Waals surface area contributed by atoms with Crippen LogP contribution in [0.4, 0.5) is 0 Å². The van der Waals surface area contributed by atoms with Gasteiger partial charge in [-0.05, 0) is 38.8 Å². The highest BCUT2D eigenvalue weighted by atomic mass is 35.5. The average molecular weight is 352 g/mol. The Bertz CT molecular complexity index is 711. The highest BCUT2D eigenvalue weighted by Gasteiger charge is 2.36. The first-order valence-electron chi connectivity index (χ1n) is 7.88.